The lowest BCUT2D eigenvalue weighted by molar-refractivity contribution is -0.152. The molecule has 0 aliphatic carbocycles. The van der Waals surface area contributed by atoms with Crippen LogP contribution in [0.4, 0.5) is 15.3 Å². The van der Waals surface area contributed by atoms with Gasteiger partial charge in [0.15, 0.2) is 0 Å². The Morgan fingerprint density at radius 3 is 2.17 bits per heavy atom. The minimum Gasteiger partial charge on any atom is -0.460 e. The molecule has 2 aromatic rings. The van der Waals surface area contributed by atoms with Crippen LogP contribution in [-0.2, 0) is 36.9 Å². The number of benzene rings is 2. The SMILES string of the molecule is CC(C)C(C(=O)OCc1ccccc1)N(C)CCc1ccc(NC(=O)[C@H](CCCNC(N)=O)NC(=O)CNC(=O)OC(C)(C)C)cc1. The second-order valence-electron chi connectivity index (χ2n) is 12.6. The maximum atomic E-state index is 13.1. The quantitative estimate of drug-likeness (QED) is 0.127. The molecule has 0 spiro atoms. The number of primary amides is 1. The van der Waals surface area contributed by atoms with Crippen molar-refractivity contribution in [3.05, 3.63) is 65.7 Å². The molecule has 1 unspecified atom stereocenters. The molecule has 0 bridgehead atoms. The van der Waals surface area contributed by atoms with E-state index in [0.717, 1.165) is 11.1 Å². The summed E-state index contributed by atoms with van der Waals surface area (Å²) in [6.07, 6.45) is 0.480. The average molecular weight is 655 g/mol. The second kappa shape index (κ2) is 19.1. The number of carbonyl (C=O) groups is 5. The van der Waals surface area contributed by atoms with Crippen molar-refractivity contribution in [2.24, 2.45) is 11.7 Å². The third-order valence-corrected chi connectivity index (χ3v) is 6.96. The van der Waals surface area contributed by atoms with Crippen LogP contribution in [0.15, 0.2) is 54.6 Å². The van der Waals surface area contributed by atoms with Gasteiger partial charge in [0.1, 0.15) is 30.8 Å². The van der Waals surface area contributed by atoms with Crippen LogP contribution in [0.5, 0.6) is 0 Å². The van der Waals surface area contributed by atoms with E-state index in [1.54, 1.807) is 32.9 Å². The van der Waals surface area contributed by atoms with E-state index in [4.69, 9.17) is 15.2 Å². The number of hydrogen-bond acceptors (Lipinski definition) is 8. The average Bonchev–Trinajstić information content (AvgIpc) is 2.99. The summed E-state index contributed by atoms with van der Waals surface area (Å²) in [5, 5.41) is 10.3. The number of nitrogens with one attached hydrogen (secondary N) is 4. The normalized spacial score (nSPS) is 12.5. The summed E-state index contributed by atoms with van der Waals surface area (Å²) in [5.74, 6) is -1.26. The molecule has 0 saturated heterocycles. The molecule has 2 rings (SSSR count). The largest absolute Gasteiger partial charge is 0.460 e. The number of urea groups is 1. The Balaban J connectivity index is 1.94. The van der Waals surface area contributed by atoms with E-state index in [9.17, 15) is 24.0 Å². The Bertz CT molecular complexity index is 1310. The van der Waals surface area contributed by atoms with Crippen molar-refractivity contribution >= 4 is 35.6 Å². The number of likely N-dealkylation sites (N-methyl/N-ethyl adjacent to an activating group) is 1. The molecular weight excluding hydrogens is 604 g/mol. The maximum Gasteiger partial charge on any atom is 0.408 e. The summed E-state index contributed by atoms with van der Waals surface area (Å²) < 4.78 is 10.7. The molecule has 2 aromatic carbocycles. The Hall–Kier alpha value is -4.65. The van der Waals surface area contributed by atoms with Crippen LogP contribution >= 0.6 is 0 Å². The van der Waals surface area contributed by atoms with E-state index in [-0.39, 0.29) is 38.0 Å². The minimum absolute atomic E-state index is 0.0500. The van der Waals surface area contributed by atoms with Crippen molar-refractivity contribution in [3.63, 3.8) is 0 Å². The number of rotatable bonds is 17. The lowest BCUT2D eigenvalue weighted by Gasteiger charge is -2.29. The fourth-order valence-electron chi connectivity index (χ4n) is 4.70. The summed E-state index contributed by atoms with van der Waals surface area (Å²) >= 11 is 0. The van der Waals surface area contributed by atoms with Gasteiger partial charge in [-0.2, -0.15) is 0 Å². The van der Waals surface area contributed by atoms with Crippen LogP contribution in [-0.4, -0.2) is 79.2 Å². The highest BCUT2D eigenvalue weighted by atomic mass is 16.6. The Morgan fingerprint density at radius 1 is 0.915 bits per heavy atom. The number of hydrogen-bond donors (Lipinski definition) is 5. The molecule has 258 valence electrons. The molecule has 2 atom stereocenters. The molecule has 6 N–H and O–H groups in total. The highest BCUT2D eigenvalue weighted by Gasteiger charge is 2.28. The van der Waals surface area contributed by atoms with E-state index in [1.807, 2.05) is 68.3 Å². The van der Waals surface area contributed by atoms with Gasteiger partial charge in [-0.15, -0.1) is 0 Å². The number of nitrogens with zero attached hydrogens (tertiary/aromatic N) is 1. The van der Waals surface area contributed by atoms with Crippen LogP contribution in [0.1, 0.15) is 58.6 Å². The Kier molecular flexibility index (Phi) is 15.7. The van der Waals surface area contributed by atoms with Gasteiger partial charge in [0.25, 0.3) is 0 Å². The van der Waals surface area contributed by atoms with Gasteiger partial charge >= 0.3 is 18.1 Å². The van der Waals surface area contributed by atoms with Crippen LogP contribution < -0.4 is 27.0 Å². The molecule has 47 heavy (non-hydrogen) atoms. The fourth-order valence-corrected chi connectivity index (χ4v) is 4.70. The summed E-state index contributed by atoms with van der Waals surface area (Å²) in [5.41, 5.74) is 6.85. The van der Waals surface area contributed by atoms with Crippen molar-refractivity contribution < 1.29 is 33.4 Å². The Morgan fingerprint density at radius 2 is 1.57 bits per heavy atom. The zero-order valence-electron chi connectivity index (χ0n) is 28.3. The number of ether oxygens (including phenoxy) is 2. The van der Waals surface area contributed by atoms with Gasteiger partial charge in [-0.05, 0) is 76.3 Å². The van der Waals surface area contributed by atoms with Gasteiger partial charge in [-0.25, -0.2) is 9.59 Å². The molecule has 0 aliphatic heterocycles. The van der Waals surface area contributed by atoms with Crippen LogP contribution in [0.25, 0.3) is 0 Å². The van der Waals surface area contributed by atoms with E-state index < -0.39 is 41.6 Å². The van der Waals surface area contributed by atoms with Gasteiger partial charge in [0, 0.05) is 18.8 Å². The van der Waals surface area contributed by atoms with E-state index in [2.05, 4.69) is 21.3 Å². The third-order valence-electron chi connectivity index (χ3n) is 6.96. The fraction of sp³-hybridized carbons (Fsp3) is 0.500. The Labute approximate surface area is 277 Å². The first-order valence-corrected chi connectivity index (χ1v) is 15.7. The van der Waals surface area contributed by atoms with Crippen LogP contribution in [0.3, 0.4) is 0 Å². The standard InChI is InChI=1S/C34H50N6O7/c1-23(2)29(31(43)46-22-25-11-8-7-9-12-25)40(6)20-18-24-14-16-26(17-15-24)38-30(42)27(13-10-19-36-32(35)44)39-28(41)21-37-33(45)47-34(3,4)5/h7-9,11-12,14-17,23,27,29H,10,13,18-22H2,1-6H3,(H,37,45)(H,38,42)(H,39,41)(H3,35,36,44)/t27-,29?/m0/s1. The highest BCUT2D eigenvalue weighted by Crippen LogP contribution is 2.16. The summed E-state index contributed by atoms with van der Waals surface area (Å²) in [7, 11) is 1.90. The number of carbonyl (C=O) groups excluding carboxylic acids is 5. The topological polar surface area (TPSA) is 181 Å². The van der Waals surface area contributed by atoms with Crippen LogP contribution in [0, 0.1) is 5.92 Å². The molecule has 0 heterocycles. The van der Waals surface area contributed by atoms with Gasteiger partial charge < -0.3 is 36.5 Å². The predicted octanol–water partition coefficient (Wildman–Crippen LogP) is 3.33. The van der Waals surface area contributed by atoms with E-state index in [1.165, 1.54) is 0 Å². The number of amides is 5. The molecule has 5 amide bonds. The van der Waals surface area contributed by atoms with Crippen molar-refractivity contribution in [2.45, 2.75) is 78.2 Å². The van der Waals surface area contributed by atoms with E-state index in [0.29, 0.717) is 25.1 Å². The third kappa shape index (κ3) is 15.5. The van der Waals surface area contributed by atoms with Crippen molar-refractivity contribution in [1.82, 2.24) is 20.9 Å². The number of esters is 1. The monoisotopic (exact) mass is 654 g/mol. The summed E-state index contributed by atoms with van der Waals surface area (Å²) in [6.45, 7) is 9.75. The predicted molar refractivity (Wildman–Crippen MR) is 179 cm³/mol. The molecule has 0 saturated carbocycles. The molecule has 13 nitrogen and oxygen atoms in total. The van der Waals surface area contributed by atoms with Gasteiger partial charge in [-0.3, -0.25) is 19.3 Å². The van der Waals surface area contributed by atoms with Crippen LogP contribution in [0.2, 0.25) is 0 Å². The van der Waals surface area contributed by atoms with E-state index >= 15 is 0 Å². The summed E-state index contributed by atoms with van der Waals surface area (Å²) in [6, 6.07) is 14.8. The van der Waals surface area contributed by atoms with Crippen molar-refractivity contribution in [2.75, 3.05) is 32.0 Å². The van der Waals surface area contributed by atoms with Crippen molar-refractivity contribution in [1.29, 1.82) is 0 Å². The lowest BCUT2D eigenvalue weighted by Crippen LogP contribution is -2.48. The molecule has 13 heteroatoms. The molecule has 0 fully saturated rings. The smallest absolute Gasteiger partial charge is 0.408 e. The summed E-state index contributed by atoms with van der Waals surface area (Å²) in [4.78, 5) is 63.5. The molecule has 0 radical (unpaired) electrons. The molecular formula is C34H50N6O7. The molecule has 0 aromatic heterocycles. The number of anilines is 1. The molecule has 0 aliphatic rings. The van der Waals surface area contributed by atoms with Gasteiger partial charge in [-0.1, -0.05) is 56.3 Å². The lowest BCUT2D eigenvalue weighted by atomic mass is 10.0. The number of alkyl carbamates (subject to hydrolysis) is 1. The zero-order valence-corrected chi connectivity index (χ0v) is 28.3. The second-order valence-corrected chi connectivity index (χ2v) is 12.6. The number of nitrogens with two attached hydrogens (primary N) is 1. The van der Waals surface area contributed by atoms with Crippen molar-refractivity contribution in [3.8, 4) is 0 Å². The first-order valence-electron chi connectivity index (χ1n) is 15.7. The van der Waals surface area contributed by atoms with Gasteiger partial charge in [0.05, 0.1) is 0 Å². The van der Waals surface area contributed by atoms with Gasteiger partial charge in [0.2, 0.25) is 11.8 Å². The zero-order chi connectivity index (χ0) is 35.0. The minimum atomic E-state index is -0.944. The first kappa shape index (κ1) is 38.5. The first-order chi connectivity index (χ1) is 22.1. The maximum absolute atomic E-state index is 13.1. The highest BCUT2D eigenvalue weighted by molar-refractivity contribution is 5.97.